The van der Waals surface area contributed by atoms with Crippen LogP contribution in [-0.2, 0) is 11.2 Å². The first-order valence-electron chi connectivity index (χ1n) is 6.19. The molecule has 1 aliphatic heterocycles. The van der Waals surface area contributed by atoms with E-state index in [0.29, 0.717) is 24.6 Å². The Morgan fingerprint density at radius 1 is 1.39 bits per heavy atom. The topological polar surface area (TPSA) is 57.6 Å². The molecule has 1 aromatic rings. The highest BCUT2D eigenvalue weighted by molar-refractivity contribution is 5.87. The molecular weight excluding hydrogens is 230 g/mol. The molecule has 1 N–H and O–H groups in total. The smallest absolute Gasteiger partial charge is 0.335 e. The van der Waals surface area contributed by atoms with Crippen LogP contribution in [0.1, 0.15) is 35.7 Å². The van der Waals surface area contributed by atoms with Crippen LogP contribution in [0.25, 0.3) is 0 Å². The van der Waals surface area contributed by atoms with E-state index in [0.717, 1.165) is 18.4 Å². The first-order chi connectivity index (χ1) is 8.58. The average Bonchev–Trinajstić information content (AvgIpc) is 2.67. The van der Waals surface area contributed by atoms with E-state index >= 15 is 0 Å². The monoisotopic (exact) mass is 247 g/mol. The van der Waals surface area contributed by atoms with Crippen molar-refractivity contribution in [3.63, 3.8) is 0 Å². The molecule has 0 aromatic heterocycles. The predicted molar refractivity (Wildman–Crippen MR) is 67.5 cm³/mol. The lowest BCUT2D eigenvalue weighted by Gasteiger charge is -2.21. The molecule has 1 atom stereocenters. The van der Waals surface area contributed by atoms with Gasteiger partial charge in [0.25, 0.3) is 0 Å². The molecule has 0 saturated carbocycles. The van der Waals surface area contributed by atoms with Crippen molar-refractivity contribution < 1.29 is 14.7 Å². The molecule has 1 heterocycles. The van der Waals surface area contributed by atoms with Crippen molar-refractivity contribution in [1.82, 2.24) is 4.90 Å². The van der Waals surface area contributed by atoms with E-state index in [1.807, 2.05) is 17.0 Å². The number of benzene rings is 1. The number of carbonyl (C=O) groups excluding carboxylic acids is 1. The summed E-state index contributed by atoms with van der Waals surface area (Å²) in [6.07, 6.45) is 2.37. The Hall–Kier alpha value is -1.84. The molecule has 1 unspecified atom stereocenters. The second kappa shape index (κ2) is 5.21. The first kappa shape index (κ1) is 12.6. The van der Waals surface area contributed by atoms with Crippen LogP contribution in [-0.4, -0.2) is 34.5 Å². The van der Waals surface area contributed by atoms with Crippen LogP contribution in [0.5, 0.6) is 0 Å². The highest BCUT2D eigenvalue weighted by atomic mass is 16.4. The zero-order valence-corrected chi connectivity index (χ0v) is 10.4. The fourth-order valence-corrected chi connectivity index (χ4v) is 2.29. The number of hydrogen-bond acceptors (Lipinski definition) is 2. The number of carboxylic acid groups (broad SMARTS) is 1. The number of carboxylic acids is 1. The number of carbonyl (C=O) groups is 2. The molecular formula is C14H17NO3. The number of likely N-dealkylation sites (tertiary alicyclic amines) is 1. The van der Waals surface area contributed by atoms with E-state index in [-0.39, 0.29) is 5.91 Å². The van der Waals surface area contributed by atoms with Gasteiger partial charge in [0.2, 0.25) is 5.91 Å². The maximum absolute atomic E-state index is 11.6. The minimum absolute atomic E-state index is 0.227. The van der Waals surface area contributed by atoms with Gasteiger partial charge in [0.1, 0.15) is 0 Å². The van der Waals surface area contributed by atoms with Gasteiger partial charge in [-0.2, -0.15) is 0 Å². The molecule has 1 fully saturated rings. The molecule has 1 saturated heterocycles. The molecule has 0 radical (unpaired) electrons. The summed E-state index contributed by atoms with van der Waals surface area (Å²) in [5.74, 6) is -0.686. The molecule has 2 rings (SSSR count). The molecule has 96 valence electrons. The van der Waals surface area contributed by atoms with Crippen molar-refractivity contribution in [2.45, 2.75) is 32.2 Å². The Bertz CT molecular complexity index is 453. The van der Waals surface area contributed by atoms with Gasteiger partial charge < -0.3 is 10.0 Å². The lowest BCUT2D eigenvalue weighted by Crippen LogP contribution is -2.32. The SMILES string of the molecule is CC1CCC(=O)N1CCc1ccc(C(=O)O)cc1. The van der Waals surface area contributed by atoms with Crippen LogP contribution in [0.15, 0.2) is 24.3 Å². The molecule has 1 aliphatic rings. The zero-order chi connectivity index (χ0) is 13.1. The largest absolute Gasteiger partial charge is 0.478 e. The van der Waals surface area contributed by atoms with Crippen molar-refractivity contribution in [3.8, 4) is 0 Å². The number of aromatic carboxylic acids is 1. The Labute approximate surface area is 106 Å². The molecule has 18 heavy (non-hydrogen) atoms. The molecule has 0 spiro atoms. The van der Waals surface area contributed by atoms with Crippen LogP contribution in [0.2, 0.25) is 0 Å². The summed E-state index contributed by atoms with van der Waals surface area (Å²) in [5, 5.41) is 8.79. The highest BCUT2D eigenvalue weighted by Gasteiger charge is 2.26. The summed E-state index contributed by atoms with van der Waals surface area (Å²) in [5.41, 5.74) is 1.36. The minimum atomic E-state index is -0.912. The van der Waals surface area contributed by atoms with Crippen LogP contribution < -0.4 is 0 Å². The lowest BCUT2D eigenvalue weighted by molar-refractivity contribution is -0.128. The first-order valence-corrected chi connectivity index (χ1v) is 6.19. The quantitative estimate of drug-likeness (QED) is 0.884. The number of nitrogens with zero attached hydrogens (tertiary/aromatic N) is 1. The summed E-state index contributed by atoms with van der Waals surface area (Å²) in [4.78, 5) is 24.2. The molecule has 1 amide bonds. The van der Waals surface area contributed by atoms with Gasteiger partial charge in [0.05, 0.1) is 5.56 Å². The lowest BCUT2D eigenvalue weighted by atomic mass is 10.1. The maximum Gasteiger partial charge on any atom is 0.335 e. The van der Waals surface area contributed by atoms with Crippen molar-refractivity contribution >= 4 is 11.9 Å². The second-order valence-corrected chi connectivity index (χ2v) is 4.73. The molecule has 0 aliphatic carbocycles. The van der Waals surface area contributed by atoms with Gasteiger partial charge >= 0.3 is 5.97 Å². The van der Waals surface area contributed by atoms with E-state index in [1.165, 1.54) is 0 Å². The zero-order valence-electron chi connectivity index (χ0n) is 10.4. The Balaban J connectivity index is 1.94. The summed E-state index contributed by atoms with van der Waals surface area (Å²) in [6.45, 7) is 2.78. The normalized spacial score (nSPS) is 19.3. The van der Waals surface area contributed by atoms with Gasteiger partial charge in [-0.3, -0.25) is 4.79 Å². The third-order valence-electron chi connectivity index (χ3n) is 3.47. The van der Waals surface area contributed by atoms with E-state index in [1.54, 1.807) is 12.1 Å². The van der Waals surface area contributed by atoms with E-state index in [2.05, 4.69) is 6.92 Å². The van der Waals surface area contributed by atoms with Crippen LogP contribution >= 0.6 is 0 Å². The van der Waals surface area contributed by atoms with Crippen molar-refractivity contribution in [1.29, 1.82) is 0 Å². The fraction of sp³-hybridized carbons (Fsp3) is 0.429. The van der Waals surface area contributed by atoms with Gasteiger partial charge in [-0.05, 0) is 37.5 Å². The Morgan fingerprint density at radius 3 is 2.56 bits per heavy atom. The Kier molecular flexibility index (Phi) is 3.65. The molecule has 0 bridgehead atoms. The highest BCUT2D eigenvalue weighted by Crippen LogP contribution is 2.18. The maximum atomic E-state index is 11.6. The van der Waals surface area contributed by atoms with Gasteiger partial charge in [-0.25, -0.2) is 4.79 Å². The van der Waals surface area contributed by atoms with Crippen LogP contribution in [0, 0.1) is 0 Å². The molecule has 4 nitrogen and oxygen atoms in total. The van der Waals surface area contributed by atoms with Gasteiger partial charge in [0, 0.05) is 19.0 Å². The third kappa shape index (κ3) is 2.70. The molecule has 4 heteroatoms. The molecule has 1 aromatic carbocycles. The minimum Gasteiger partial charge on any atom is -0.478 e. The number of amides is 1. The third-order valence-corrected chi connectivity index (χ3v) is 3.47. The van der Waals surface area contributed by atoms with E-state index < -0.39 is 5.97 Å². The van der Waals surface area contributed by atoms with Gasteiger partial charge in [0.15, 0.2) is 0 Å². The summed E-state index contributed by atoms with van der Waals surface area (Å²) in [6, 6.07) is 7.17. The van der Waals surface area contributed by atoms with E-state index in [4.69, 9.17) is 5.11 Å². The van der Waals surface area contributed by atoms with Crippen LogP contribution in [0.4, 0.5) is 0 Å². The van der Waals surface area contributed by atoms with Crippen molar-refractivity contribution in [2.75, 3.05) is 6.54 Å². The Morgan fingerprint density at radius 2 is 2.06 bits per heavy atom. The van der Waals surface area contributed by atoms with Gasteiger partial charge in [-0.1, -0.05) is 12.1 Å². The number of hydrogen-bond donors (Lipinski definition) is 1. The second-order valence-electron chi connectivity index (χ2n) is 4.73. The standard InChI is InChI=1S/C14H17NO3/c1-10-2-7-13(16)15(10)9-8-11-3-5-12(6-4-11)14(17)18/h3-6,10H,2,7-9H2,1H3,(H,17,18). The van der Waals surface area contributed by atoms with Gasteiger partial charge in [-0.15, -0.1) is 0 Å². The fourth-order valence-electron chi connectivity index (χ4n) is 2.29. The summed E-state index contributed by atoms with van der Waals surface area (Å²) >= 11 is 0. The van der Waals surface area contributed by atoms with Crippen LogP contribution in [0.3, 0.4) is 0 Å². The predicted octanol–water partition coefficient (Wildman–Crippen LogP) is 1.94. The number of rotatable bonds is 4. The average molecular weight is 247 g/mol. The van der Waals surface area contributed by atoms with Crippen molar-refractivity contribution in [2.24, 2.45) is 0 Å². The van der Waals surface area contributed by atoms with Crippen molar-refractivity contribution in [3.05, 3.63) is 35.4 Å². The summed E-state index contributed by atoms with van der Waals surface area (Å²) < 4.78 is 0. The summed E-state index contributed by atoms with van der Waals surface area (Å²) in [7, 11) is 0. The van der Waals surface area contributed by atoms with E-state index in [9.17, 15) is 9.59 Å².